The lowest BCUT2D eigenvalue weighted by molar-refractivity contribution is 0.172. The summed E-state index contributed by atoms with van der Waals surface area (Å²) >= 11 is 0. The molecule has 0 aliphatic carbocycles. The predicted octanol–water partition coefficient (Wildman–Crippen LogP) is 0.835. The minimum absolute atomic E-state index is 0.667. The van der Waals surface area contributed by atoms with Crippen LogP contribution in [0.25, 0.3) is 0 Å². The van der Waals surface area contributed by atoms with Crippen LogP contribution in [0.5, 0.6) is 11.5 Å². The van der Waals surface area contributed by atoms with Crippen molar-refractivity contribution in [3.05, 3.63) is 18.2 Å². The summed E-state index contributed by atoms with van der Waals surface area (Å²) in [6, 6.07) is 6.14. The van der Waals surface area contributed by atoms with Gasteiger partial charge in [0.05, 0.1) is 9.52 Å². The summed E-state index contributed by atoms with van der Waals surface area (Å²) in [5.41, 5.74) is 0. The van der Waals surface area contributed by atoms with Gasteiger partial charge < -0.3 is 9.47 Å². The molecule has 0 fully saturated rings. The molecule has 0 saturated heterocycles. The Morgan fingerprint density at radius 3 is 2.67 bits per heavy atom. The monoisotopic (exact) mass is 178 g/mol. The minimum atomic E-state index is 0.667. The fourth-order valence-electron chi connectivity index (χ4n) is 1.20. The molecule has 12 heavy (non-hydrogen) atoms. The Morgan fingerprint density at radius 2 is 1.92 bits per heavy atom. The van der Waals surface area contributed by atoms with E-state index in [-0.39, 0.29) is 0 Å². The Hall–Kier alpha value is -0.963. The molecule has 0 bridgehead atoms. The maximum atomic E-state index is 5.45. The van der Waals surface area contributed by atoms with Gasteiger partial charge in [-0.1, -0.05) is 17.8 Å². The summed E-state index contributed by atoms with van der Waals surface area (Å²) in [7, 11) is 0.816. The Bertz CT molecular complexity index is 286. The molecule has 1 aromatic carbocycles. The van der Waals surface area contributed by atoms with Gasteiger partial charge in [0.1, 0.15) is 13.2 Å². The molecule has 62 valence electrons. The van der Waals surface area contributed by atoms with Gasteiger partial charge in [-0.3, -0.25) is 0 Å². The molecule has 1 heterocycles. The molecule has 0 unspecified atom stereocenters. The van der Waals surface area contributed by atoms with E-state index in [1.807, 2.05) is 6.07 Å². The molecule has 0 spiro atoms. The highest BCUT2D eigenvalue weighted by atomic mass is 28.2. The highest BCUT2D eigenvalue weighted by Crippen LogP contribution is 2.27. The van der Waals surface area contributed by atoms with Crippen LogP contribution in [0.3, 0.4) is 0 Å². The molecule has 2 nitrogen and oxygen atoms in total. The number of hydrogen-bond acceptors (Lipinski definition) is 2. The van der Waals surface area contributed by atoms with E-state index in [9.17, 15) is 0 Å². The molecular weight excluding hydrogens is 168 g/mol. The van der Waals surface area contributed by atoms with Crippen molar-refractivity contribution in [1.29, 1.82) is 0 Å². The lowest BCUT2D eigenvalue weighted by Gasteiger charge is -2.18. The Kier molecular flexibility index (Phi) is 2.04. The average Bonchev–Trinajstić information content (AvgIpc) is 2.17. The smallest absolute Gasteiger partial charge is 0.161 e. The van der Waals surface area contributed by atoms with Gasteiger partial charge in [-0.25, -0.2) is 0 Å². The van der Waals surface area contributed by atoms with Crippen molar-refractivity contribution in [1.82, 2.24) is 0 Å². The standard InChI is InChI=1S/C9H10O2Si/c1-12-7-2-3-8-9(6-7)11-5-4-10-8/h2-3,6H,4-5H2,1H3. The van der Waals surface area contributed by atoms with Crippen molar-refractivity contribution in [3.63, 3.8) is 0 Å². The van der Waals surface area contributed by atoms with Crippen LogP contribution in [-0.2, 0) is 0 Å². The SMILES string of the molecule is C[Si]c1ccc2c(c1)OCCO2. The first-order chi connectivity index (χ1) is 5.90. The molecule has 3 heteroatoms. The van der Waals surface area contributed by atoms with Gasteiger partial charge in [-0.05, 0) is 12.1 Å². The molecule has 0 atom stereocenters. The maximum absolute atomic E-state index is 5.45. The summed E-state index contributed by atoms with van der Waals surface area (Å²) in [6.45, 7) is 3.50. The van der Waals surface area contributed by atoms with Gasteiger partial charge in [-0.2, -0.15) is 0 Å². The zero-order chi connectivity index (χ0) is 8.39. The quantitative estimate of drug-likeness (QED) is 0.593. The van der Waals surface area contributed by atoms with E-state index in [2.05, 4.69) is 18.7 Å². The molecule has 1 aliphatic rings. The van der Waals surface area contributed by atoms with Crippen molar-refractivity contribution in [2.45, 2.75) is 6.55 Å². The Morgan fingerprint density at radius 1 is 1.17 bits per heavy atom. The number of fused-ring (bicyclic) bond motifs is 1. The lowest BCUT2D eigenvalue weighted by atomic mass is 10.3. The fourth-order valence-corrected chi connectivity index (χ4v) is 1.72. The fraction of sp³-hybridized carbons (Fsp3) is 0.333. The van der Waals surface area contributed by atoms with Crippen molar-refractivity contribution >= 4 is 14.7 Å². The van der Waals surface area contributed by atoms with Crippen molar-refractivity contribution < 1.29 is 9.47 Å². The highest BCUT2D eigenvalue weighted by Gasteiger charge is 2.10. The van der Waals surface area contributed by atoms with Crippen LogP contribution in [0.15, 0.2) is 18.2 Å². The van der Waals surface area contributed by atoms with Gasteiger partial charge in [0.25, 0.3) is 0 Å². The van der Waals surface area contributed by atoms with Crippen LogP contribution < -0.4 is 14.7 Å². The van der Waals surface area contributed by atoms with Gasteiger partial charge in [0, 0.05) is 0 Å². The van der Waals surface area contributed by atoms with Crippen LogP contribution in [0.4, 0.5) is 0 Å². The molecular formula is C9H10O2Si. The van der Waals surface area contributed by atoms with E-state index in [0.717, 1.165) is 21.0 Å². The van der Waals surface area contributed by atoms with Crippen LogP contribution in [0.1, 0.15) is 0 Å². The van der Waals surface area contributed by atoms with E-state index < -0.39 is 0 Å². The van der Waals surface area contributed by atoms with Crippen LogP contribution in [0.2, 0.25) is 6.55 Å². The van der Waals surface area contributed by atoms with Gasteiger partial charge in [0.2, 0.25) is 0 Å². The molecule has 1 aliphatic heterocycles. The maximum Gasteiger partial charge on any atom is 0.161 e. The van der Waals surface area contributed by atoms with Gasteiger partial charge >= 0.3 is 0 Å². The van der Waals surface area contributed by atoms with E-state index in [1.165, 1.54) is 5.19 Å². The zero-order valence-electron chi connectivity index (χ0n) is 6.96. The lowest BCUT2D eigenvalue weighted by Crippen LogP contribution is -2.18. The molecule has 0 aromatic heterocycles. The van der Waals surface area contributed by atoms with Crippen LogP contribution >= 0.6 is 0 Å². The molecule has 2 rings (SSSR count). The number of ether oxygens (including phenoxy) is 2. The summed E-state index contributed by atoms with van der Waals surface area (Å²) in [5, 5.41) is 1.32. The van der Waals surface area contributed by atoms with Gasteiger partial charge in [-0.15, -0.1) is 0 Å². The third-order valence-corrected chi connectivity index (χ3v) is 2.72. The molecule has 0 N–H and O–H groups in total. The third-order valence-electron chi connectivity index (χ3n) is 1.83. The van der Waals surface area contributed by atoms with Crippen molar-refractivity contribution in [3.8, 4) is 11.5 Å². The highest BCUT2D eigenvalue weighted by molar-refractivity contribution is 6.52. The van der Waals surface area contributed by atoms with Crippen molar-refractivity contribution in [2.75, 3.05) is 13.2 Å². The first-order valence-electron chi connectivity index (χ1n) is 3.97. The molecule has 1 aromatic rings. The van der Waals surface area contributed by atoms with E-state index in [4.69, 9.17) is 9.47 Å². The van der Waals surface area contributed by atoms with Crippen LogP contribution in [-0.4, -0.2) is 22.7 Å². The first kappa shape index (κ1) is 7.67. The van der Waals surface area contributed by atoms with Gasteiger partial charge in [0.15, 0.2) is 11.5 Å². The second kappa shape index (κ2) is 3.19. The average molecular weight is 178 g/mol. The summed E-state index contributed by atoms with van der Waals surface area (Å²) < 4.78 is 10.8. The molecule has 0 amide bonds. The first-order valence-corrected chi connectivity index (χ1v) is 5.47. The summed E-state index contributed by atoms with van der Waals surface area (Å²) in [4.78, 5) is 0. The van der Waals surface area contributed by atoms with E-state index in [1.54, 1.807) is 0 Å². The van der Waals surface area contributed by atoms with E-state index in [0.29, 0.717) is 13.2 Å². The molecule has 0 saturated carbocycles. The number of rotatable bonds is 1. The number of benzene rings is 1. The predicted molar refractivity (Wildman–Crippen MR) is 48.7 cm³/mol. The van der Waals surface area contributed by atoms with Crippen molar-refractivity contribution in [2.24, 2.45) is 0 Å². The number of hydrogen-bond donors (Lipinski definition) is 0. The summed E-state index contributed by atoms with van der Waals surface area (Å²) in [6.07, 6.45) is 0. The molecule has 2 radical (unpaired) electrons. The second-order valence-corrected chi connectivity index (χ2v) is 3.69. The minimum Gasteiger partial charge on any atom is -0.486 e. The topological polar surface area (TPSA) is 18.5 Å². The van der Waals surface area contributed by atoms with Crippen LogP contribution in [0, 0.1) is 0 Å². The normalized spacial score (nSPS) is 14.4. The van der Waals surface area contributed by atoms with E-state index >= 15 is 0 Å². The third kappa shape index (κ3) is 1.32. The zero-order valence-corrected chi connectivity index (χ0v) is 7.96. The Balaban J connectivity index is 2.36. The second-order valence-electron chi connectivity index (χ2n) is 2.61. The largest absolute Gasteiger partial charge is 0.486 e. The Labute approximate surface area is 74.3 Å². The summed E-state index contributed by atoms with van der Waals surface area (Å²) in [5.74, 6) is 1.77.